The van der Waals surface area contributed by atoms with Crippen molar-refractivity contribution >= 4 is 11.6 Å². The number of rotatable bonds is 4. The number of aliphatic hydroxyl groups excluding tert-OH is 1. The van der Waals surface area contributed by atoms with E-state index in [9.17, 15) is 5.11 Å². The van der Waals surface area contributed by atoms with Gasteiger partial charge in [0.2, 0.25) is 0 Å². The first-order chi connectivity index (χ1) is 11.2. The Morgan fingerprint density at radius 1 is 1.30 bits per heavy atom. The fourth-order valence-corrected chi connectivity index (χ4v) is 3.43. The molecule has 1 aromatic heterocycles. The predicted octanol–water partition coefficient (Wildman–Crippen LogP) is 3.10. The molecule has 1 aromatic carbocycles. The molecule has 4 rings (SSSR count). The standard InChI is InChI=1S/C18H20ClN3O/c19-15-4-2-1-3-14(15)17(23)11-22-8-7-16-13(10-22)9-20-18(21-16)12-5-6-12/h1-4,9,12,17,23H,5-8,10-11H2/t17-/m0/s1. The molecule has 0 radical (unpaired) electrons. The third-order valence-electron chi connectivity index (χ3n) is 4.67. The first kappa shape index (κ1) is 15.1. The Morgan fingerprint density at radius 3 is 2.91 bits per heavy atom. The number of aliphatic hydroxyl groups is 1. The lowest BCUT2D eigenvalue weighted by atomic mass is 10.0. The number of hydrogen-bond acceptors (Lipinski definition) is 4. The number of hydrogen-bond donors (Lipinski definition) is 1. The lowest BCUT2D eigenvalue weighted by molar-refractivity contribution is 0.105. The number of benzene rings is 1. The minimum absolute atomic E-state index is 0.572. The minimum atomic E-state index is -0.572. The van der Waals surface area contributed by atoms with E-state index in [1.165, 1.54) is 24.1 Å². The van der Waals surface area contributed by atoms with Crippen molar-refractivity contribution in [1.82, 2.24) is 14.9 Å². The topological polar surface area (TPSA) is 49.2 Å². The quantitative estimate of drug-likeness (QED) is 0.936. The molecule has 1 N–H and O–H groups in total. The van der Waals surface area contributed by atoms with Gasteiger partial charge < -0.3 is 5.11 Å². The smallest absolute Gasteiger partial charge is 0.131 e. The van der Waals surface area contributed by atoms with Gasteiger partial charge in [0.1, 0.15) is 5.82 Å². The van der Waals surface area contributed by atoms with Gasteiger partial charge in [0.15, 0.2) is 0 Å². The highest BCUT2D eigenvalue weighted by Crippen LogP contribution is 2.38. The molecule has 4 nitrogen and oxygen atoms in total. The van der Waals surface area contributed by atoms with E-state index in [2.05, 4.69) is 9.88 Å². The second-order valence-electron chi connectivity index (χ2n) is 6.50. The van der Waals surface area contributed by atoms with Gasteiger partial charge in [0.05, 0.1) is 6.10 Å². The van der Waals surface area contributed by atoms with Crippen LogP contribution >= 0.6 is 11.6 Å². The highest BCUT2D eigenvalue weighted by Gasteiger charge is 2.28. The van der Waals surface area contributed by atoms with Gasteiger partial charge in [-0.1, -0.05) is 29.8 Å². The largest absolute Gasteiger partial charge is 0.387 e. The SMILES string of the molecule is O[C@@H](CN1CCc2nc(C3CC3)ncc2C1)c1ccccc1Cl. The number of halogens is 1. The fourth-order valence-electron chi connectivity index (χ4n) is 3.17. The third-order valence-corrected chi connectivity index (χ3v) is 5.01. The monoisotopic (exact) mass is 329 g/mol. The highest BCUT2D eigenvalue weighted by atomic mass is 35.5. The van der Waals surface area contributed by atoms with Crippen molar-refractivity contribution in [3.05, 3.63) is 58.1 Å². The summed E-state index contributed by atoms with van der Waals surface area (Å²) >= 11 is 6.17. The molecule has 2 aliphatic rings. The molecule has 2 heterocycles. The number of β-amino-alcohol motifs (C(OH)–C–C–N with tert-alkyl or cyclic N) is 1. The van der Waals surface area contributed by atoms with Gasteiger partial charge in [-0.3, -0.25) is 4.90 Å². The summed E-state index contributed by atoms with van der Waals surface area (Å²) in [4.78, 5) is 11.5. The van der Waals surface area contributed by atoms with Crippen LogP contribution in [0.1, 0.15) is 47.5 Å². The first-order valence-electron chi connectivity index (χ1n) is 8.20. The van der Waals surface area contributed by atoms with Gasteiger partial charge >= 0.3 is 0 Å². The average molecular weight is 330 g/mol. The minimum Gasteiger partial charge on any atom is -0.387 e. The molecule has 0 spiro atoms. The van der Waals surface area contributed by atoms with Crippen LogP contribution in [0.2, 0.25) is 5.02 Å². The van der Waals surface area contributed by atoms with Crippen LogP contribution in [0.4, 0.5) is 0 Å². The van der Waals surface area contributed by atoms with Crippen LogP contribution in [-0.4, -0.2) is 33.1 Å². The Labute approximate surface area is 141 Å². The van der Waals surface area contributed by atoms with E-state index >= 15 is 0 Å². The third kappa shape index (κ3) is 3.25. The van der Waals surface area contributed by atoms with Crippen molar-refractivity contribution in [3.63, 3.8) is 0 Å². The Bertz CT molecular complexity index is 717. The van der Waals surface area contributed by atoms with E-state index < -0.39 is 6.10 Å². The van der Waals surface area contributed by atoms with E-state index in [4.69, 9.17) is 16.6 Å². The van der Waals surface area contributed by atoms with Crippen LogP contribution < -0.4 is 0 Å². The molecule has 120 valence electrons. The van der Waals surface area contributed by atoms with Crippen molar-refractivity contribution in [1.29, 1.82) is 0 Å². The fraction of sp³-hybridized carbons (Fsp3) is 0.444. The molecule has 1 fully saturated rings. The van der Waals surface area contributed by atoms with Gasteiger partial charge in [0, 0.05) is 60.0 Å². The van der Waals surface area contributed by atoms with E-state index in [1.54, 1.807) is 0 Å². The molecule has 1 atom stereocenters. The number of aromatic nitrogens is 2. The Hall–Kier alpha value is -1.49. The summed E-state index contributed by atoms with van der Waals surface area (Å²) < 4.78 is 0. The maximum Gasteiger partial charge on any atom is 0.131 e. The maximum atomic E-state index is 10.5. The molecule has 1 aliphatic carbocycles. The molecular weight excluding hydrogens is 310 g/mol. The zero-order valence-corrected chi connectivity index (χ0v) is 13.7. The Morgan fingerprint density at radius 2 is 2.13 bits per heavy atom. The van der Waals surface area contributed by atoms with E-state index in [1.807, 2.05) is 30.5 Å². The van der Waals surface area contributed by atoms with Crippen molar-refractivity contribution in [2.24, 2.45) is 0 Å². The summed E-state index contributed by atoms with van der Waals surface area (Å²) in [5, 5.41) is 11.1. The molecule has 0 unspecified atom stereocenters. The van der Waals surface area contributed by atoms with Gasteiger partial charge in [-0.25, -0.2) is 9.97 Å². The van der Waals surface area contributed by atoms with Crippen LogP contribution in [0.25, 0.3) is 0 Å². The van der Waals surface area contributed by atoms with E-state index in [0.717, 1.165) is 30.9 Å². The van der Waals surface area contributed by atoms with Gasteiger partial charge in [-0.15, -0.1) is 0 Å². The zero-order chi connectivity index (χ0) is 15.8. The molecule has 2 aromatic rings. The number of nitrogens with zero attached hydrogens (tertiary/aromatic N) is 3. The molecule has 0 bridgehead atoms. The molecular formula is C18H20ClN3O. The van der Waals surface area contributed by atoms with Gasteiger partial charge in [0.25, 0.3) is 0 Å². The summed E-state index contributed by atoms with van der Waals surface area (Å²) in [6, 6.07) is 7.49. The van der Waals surface area contributed by atoms with Gasteiger partial charge in [-0.2, -0.15) is 0 Å². The number of fused-ring (bicyclic) bond motifs is 1. The second kappa shape index (κ2) is 6.19. The predicted molar refractivity (Wildman–Crippen MR) is 89.4 cm³/mol. The van der Waals surface area contributed by atoms with E-state index in [0.29, 0.717) is 17.5 Å². The summed E-state index contributed by atoms with van der Waals surface area (Å²) in [6.45, 7) is 2.28. The van der Waals surface area contributed by atoms with Crippen molar-refractivity contribution in [2.75, 3.05) is 13.1 Å². The molecule has 0 saturated heterocycles. The first-order valence-corrected chi connectivity index (χ1v) is 8.58. The van der Waals surface area contributed by atoms with Crippen molar-refractivity contribution in [3.8, 4) is 0 Å². The normalized spacial score (nSPS) is 19.4. The van der Waals surface area contributed by atoms with Crippen LogP contribution in [0.3, 0.4) is 0 Å². The Balaban J connectivity index is 1.45. The van der Waals surface area contributed by atoms with Crippen LogP contribution in [0.5, 0.6) is 0 Å². The van der Waals surface area contributed by atoms with Crippen molar-refractivity contribution < 1.29 is 5.11 Å². The second-order valence-corrected chi connectivity index (χ2v) is 6.90. The average Bonchev–Trinajstić information content (AvgIpc) is 3.39. The Kier molecular flexibility index (Phi) is 4.05. The molecule has 1 aliphatic heterocycles. The summed E-state index contributed by atoms with van der Waals surface area (Å²) in [5.74, 6) is 1.62. The summed E-state index contributed by atoms with van der Waals surface area (Å²) in [5.41, 5.74) is 3.16. The maximum absolute atomic E-state index is 10.5. The van der Waals surface area contributed by atoms with Crippen molar-refractivity contribution in [2.45, 2.75) is 37.8 Å². The van der Waals surface area contributed by atoms with E-state index in [-0.39, 0.29) is 0 Å². The molecule has 0 amide bonds. The van der Waals surface area contributed by atoms with Crippen LogP contribution in [-0.2, 0) is 13.0 Å². The van der Waals surface area contributed by atoms with Crippen LogP contribution in [0, 0.1) is 0 Å². The molecule has 1 saturated carbocycles. The lowest BCUT2D eigenvalue weighted by Gasteiger charge is -2.30. The lowest BCUT2D eigenvalue weighted by Crippen LogP contribution is -2.34. The summed E-state index contributed by atoms with van der Waals surface area (Å²) in [6.07, 6.45) is 4.79. The summed E-state index contributed by atoms with van der Waals surface area (Å²) in [7, 11) is 0. The highest BCUT2D eigenvalue weighted by molar-refractivity contribution is 6.31. The molecule has 23 heavy (non-hydrogen) atoms. The molecule has 5 heteroatoms. The van der Waals surface area contributed by atoms with Gasteiger partial charge in [-0.05, 0) is 18.9 Å². The zero-order valence-electron chi connectivity index (χ0n) is 13.0. The van der Waals surface area contributed by atoms with Crippen LogP contribution in [0.15, 0.2) is 30.5 Å².